The van der Waals surface area contributed by atoms with Crippen LogP contribution < -0.4 is 5.73 Å². The lowest BCUT2D eigenvalue weighted by atomic mass is 10.1. The number of nitrogens with zero attached hydrogens (tertiary/aromatic N) is 1. The second-order valence-electron chi connectivity index (χ2n) is 3.95. The average Bonchev–Trinajstić information content (AvgIpc) is 2.95. The normalized spacial score (nSPS) is 11.1. The van der Waals surface area contributed by atoms with E-state index < -0.39 is 0 Å². The number of benzene rings is 1. The standard InChI is InChI=1S/C13H13N3O/c14-6-5-9-7-15-16-13(9)11-8-17-12-4-2-1-3-10(11)12/h1-4,7-8H,5-6,14H2,(H,15,16). The van der Waals surface area contributed by atoms with E-state index in [1.54, 1.807) is 6.26 Å². The maximum Gasteiger partial charge on any atom is 0.134 e. The first-order valence-corrected chi connectivity index (χ1v) is 5.59. The van der Waals surface area contributed by atoms with E-state index in [0.717, 1.165) is 34.2 Å². The molecule has 0 radical (unpaired) electrons. The Hall–Kier alpha value is -2.07. The van der Waals surface area contributed by atoms with Gasteiger partial charge in [-0.1, -0.05) is 18.2 Å². The molecular weight excluding hydrogens is 214 g/mol. The number of H-pyrrole nitrogens is 1. The van der Waals surface area contributed by atoms with Crippen LogP contribution in [-0.2, 0) is 6.42 Å². The number of rotatable bonds is 3. The summed E-state index contributed by atoms with van der Waals surface area (Å²) in [5, 5.41) is 8.19. The van der Waals surface area contributed by atoms with Crippen LogP contribution in [0.3, 0.4) is 0 Å². The molecule has 0 fully saturated rings. The van der Waals surface area contributed by atoms with Gasteiger partial charge in [-0.25, -0.2) is 0 Å². The van der Waals surface area contributed by atoms with Crippen molar-refractivity contribution < 1.29 is 4.42 Å². The number of para-hydroxylation sites is 1. The molecule has 0 amide bonds. The van der Waals surface area contributed by atoms with Crippen LogP contribution in [0.15, 0.2) is 41.1 Å². The minimum absolute atomic E-state index is 0.613. The fourth-order valence-corrected chi connectivity index (χ4v) is 2.06. The second-order valence-corrected chi connectivity index (χ2v) is 3.95. The van der Waals surface area contributed by atoms with Gasteiger partial charge in [0.25, 0.3) is 0 Å². The highest BCUT2D eigenvalue weighted by molar-refractivity contribution is 5.93. The van der Waals surface area contributed by atoms with Gasteiger partial charge in [0.1, 0.15) is 11.8 Å². The highest BCUT2D eigenvalue weighted by Gasteiger charge is 2.12. The molecule has 0 saturated heterocycles. The number of hydrogen-bond acceptors (Lipinski definition) is 3. The van der Waals surface area contributed by atoms with Crippen molar-refractivity contribution in [2.45, 2.75) is 6.42 Å². The van der Waals surface area contributed by atoms with Gasteiger partial charge in [0.2, 0.25) is 0 Å². The Morgan fingerprint density at radius 1 is 1.29 bits per heavy atom. The molecule has 0 bridgehead atoms. The molecule has 4 heteroatoms. The van der Waals surface area contributed by atoms with Gasteiger partial charge >= 0.3 is 0 Å². The molecule has 0 unspecified atom stereocenters. The summed E-state index contributed by atoms with van der Waals surface area (Å²) in [4.78, 5) is 0. The number of hydrogen-bond donors (Lipinski definition) is 2. The second kappa shape index (κ2) is 4.07. The van der Waals surface area contributed by atoms with E-state index in [9.17, 15) is 0 Å². The highest BCUT2D eigenvalue weighted by atomic mass is 16.3. The van der Waals surface area contributed by atoms with Gasteiger partial charge in [0, 0.05) is 10.9 Å². The summed E-state index contributed by atoms with van der Waals surface area (Å²) in [6, 6.07) is 7.96. The molecule has 3 N–H and O–H groups in total. The number of nitrogens with two attached hydrogens (primary N) is 1. The summed E-state index contributed by atoms with van der Waals surface area (Å²) in [5.41, 5.74) is 9.64. The zero-order chi connectivity index (χ0) is 11.7. The Labute approximate surface area is 98.4 Å². The Balaban J connectivity index is 2.17. The molecule has 0 spiro atoms. The van der Waals surface area contributed by atoms with Crippen LogP contribution in [-0.4, -0.2) is 16.7 Å². The summed E-state index contributed by atoms with van der Waals surface area (Å²) in [7, 11) is 0. The lowest BCUT2D eigenvalue weighted by molar-refractivity contribution is 0.616. The lowest BCUT2D eigenvalue weighted by Gasteiger charge is -1.99. The minimum Gasteiger partial charge on any atom is -0.464 e. The van der Waals surface area contributed by atoms with E-state index >= 15 is 0 Å². The van der Waals surface area contributed by atoms with Crippen molar-refractivity contribution in [3.8, 4) is 11.3 Å². The maximum absolute atomic E-state index is 5.59. The van der Waals surface area contributed by atoms with E-state index in [0.29, 0.717) is 6.54 Å². The van der Waals surface area contributed by atoms with Crippen LogP contribution in [0.4, 0.5) is 0 Å². The molecule has 2 aromatic heterocycles. The summed E-state index contributed by atoms with van der Waals surface area (Å²) in [5.74, 6) is 0. The van der Waals surface area contributed by atoms with Crippen LogP contribution in [0.1, 0.15) is 5.56 Å². The van der Waals surface area contributed by atoms with E-state index in [1.165, 1.54) is 0 Å². The van der Waals surface area contributed by atoms with E-state index in [-0.39, 0.29) is 0 Å². The molecule has 4 nitrogen and oxygen atoms in total. The zero-order valence-electron chi connectivity index (χ0n) is 9.31. The quantitative estimate of drug-likeness (QED) is 0.721. The number of fused-ring (bicyclic) bond motifs is 1. The van der Waals surface area contributed by atoms with Crippen molar-refractivity contribution in [2.24, 2.45) is 5.73 Å². The average molecular weight is 227 g/mol. The van der Waals surface area contributed by atoms with Gasteiger partial charge in [-0.05, 0) is 24.6 Å². The number of aromatic nitrogens is 2. The highest BCUT2D eigenvalue weighted by Crippen LogP contribution is 2.31. The maximum atomic E-state index is 5.59. The molecule has 0 aliphatic heterocycles. The molecule has 0 saturated carbocycles. The van der Waals surface area contributed by atoms with Gasteiger partial charge in [-0.2, -0.15) is 5.10 Å². The van der Waals surface area contributed by atoms with Gasteiger partial charge in [-0.15, -0.1) is 0 Å². The molecule has 86 valence electrons. The first kappa shape index (κ1) is 10.1. The minimum atomic E-state index is 0.613. The molecule has 0 aliphatic rings. The third kappa shape index (κ3) is 1.62. The van der Waals surface area contributed by atoms with Crippen molar-refractivity contribution in [2.75, 3.05) is 6.54 Å². The first-order valence-electron chi connectivity index (χ1n) is 5.59. The van der Waals surface area contributed by atoms with Crippen LogP contribution in [0.5, 0.6) is 0 Å². The predicted octanol–water partition coefficient (Wildman–Crippen LogP) is 2.32. The summed E-state index contributed by atoms with van der Waals surface area (Å²) >= 11 is 0. The smallest absolute Gasteiger partial charge is 0.134 e. The Bertz CT molecular complexity index is 639. The first-order chi connectivity index (χ1) is 8.40. The molecule has 1 aromatic carbocycles. The Morgan fingerprint density at radius 2 is 2.18 bits per heavy atom. The van der Waals surface area contributed by atoms with Crippen molar-refractivity contribution in [1.29, 1.82) is 0 Å². The Morgan fingerprint density at radius 3 is 3.06 bits per heavy atom. The molecule has 3 rings (SSSR count). The fraction of sp³-hybridized carbons (Fsp3) is 0.154. The van der Waals surface area contributed by atoms with Gasteiger partial charge < -0.3 is 10.2 Å². The van der Waals surface area contributed by atoms with Crippen LogP contribution in [0, 0.1) is 0 Å². The largest absolute Gasteiger partial charge is 0.464 e. The predicted molar refractivity (Wildman–Crippen MR) is 66.6 cm³/mol. The van der Waals surface area contributed by atoms with Crippen LogP contribution in [0.2, 0.25) is 0 Å². The van der Waals surface area contributed by atoms with Gasteiger partial charge in [0.05, 0.1) is 11.9 Å². The van der Waals surface area contributed by atoms with E-state index in [2.05, 4.69) is 10.2 Å². The van der Waals surface area contributed by atoms with Gasteiger partial charge in [0.15, 0.2) is 0 Å². The van der Waals surface area contributed by atoms with Crippen molar-refractivity contribution >= 4 is 11.0 Å². The van der Waals surface area contributed by atoms with Gasteiger partial charge in [-0.3, -0.25) is 5.10 Å². The summed E-state index contributed by atoms with van der Waals surface area (Å²) in [6.45, 7) is 0.613. The third-order valence-electron chi connectivity index (χ3n) is 2.88. The van der Waals surface area contributed by atoms with E-state index in [1.807, 2.05) is 30.5 Å². The molecule has 3 aromatic rings. The number of nitrogens with one attached hydrogen (secondary N) is 1. The molecular formula is C13H13N3O. The Kier molecular flexibility index (Phi) is 2.42. The third-order valence-corrected chi connectivity index (χ3v) is 2.88. The summed E-state index contributed by atoms with van der Waals surface area (Å²) < 4.78 is 5.53. The lowest BCUT2D eigenvalue weighted by Crippen LogP contribution is -2.02. The van der Waals surface area contributed by atoms with E-state index in [4.69, 9.17) is 10.2 Å². The SMILES string of the molecule is NCCc1cn[nH]c1-c1coc2ccccc12. The molecule has 0 atom stereocenters. The zero-order valence-corrected chi connectivity index (χ0v) is 9.31. The summed E-state index contributed by atoms with van der Waals surface area (Å²) in [6.07, 6.45) is 4.40. The molecule has 17 heavy (non-hydrogen) atoms. The fourth-order valence-electron chi connectivity index (χ4n) is 2.06. The topological polar surface area (TPSA) is 67.8 Å². The van der Waals surface area contributed by atoms with Crippen LogP contribution >= 0.6 is 0 Å². The van der Waals surface area contributed by atoms with Crippen LogP contribution in [0.25, 0.3) is 22.2 Å². The monoisotopic (exact) mass is 227 g/mol. The molecule has 2 heterocycles. The van der Waals surface area contributed by atoms with Crippen molar-refractivity contribution in [3.05, 3.63) is 42.3 Å². The number of aromatic amines is 1. The van der Waals surface area contributed by atoms with Crippen molar-refractivity contribution in [1.82, 2.24) is 10.2 Å². The molecule has 0 aliphatic carbocycles. The number of furan rings is 1. The van der Waals surface area contributed by atoms with Crippen molar-refractivity contribution in [3.63, 3.8) is 0 Å².